The highest BCUT2D eigenvalue weighted by atomic mass is 32.2. The lowest BCUT2D eigenvalue weighted by molar-refractivity contribution is -0.119. The highest BCUT2D eigenvalue weighted by Gasteiger charge is 2.27. The van der Waals surface area contributed by atoms with Gasteiger partial charge in [0.05, 0.1) is 35.7 Å². The minimum Gasteiger partial charge on any atom is -0.465 e. The van der Waals surface area contributed by atoms with Crippen LogP contribution in [0.4, 0.5) is 5.69 Å². The molecule has 0 saturated heterocycles. The number of hydrogen-bond acceptors (Lipinski definition) is 7. The normalized spacial score (nSPS) is 11.2. The van der Waals surface area contributed by atoms with Crippen molar-refractivity contribution in [3.8, 4) is 0 Å². The van der Waals surface area contributed by atoms with Crippen molar-refractivity contribution in [3.63, 3.8) is 0 Å². The fraction of sp³-hybridized carbons (Fsp3) is 0.0909. The number of amides is 1. The van der Waals surface area contributed by atoms with Crippen LogP contribution >= 0.6 is 0 Å². The van der Waals surface area contributed by atoms with Gasteiger partial charge in [-0.25, -0.2) is 18.6 Å². The molecule has 1 N–H and O–H groups in total. The molecule has 1 heterocycles. The molecule has 9 nitrogen and oxygen atoms in total. The van der Waals surface area contributed by atoms with Gasteiger partial charge in [0.25, 0.3) is 15.9 Å². The number of methoxy groups -OCH3 is 1. The molecule has 164 valence electrons. The number of nitrogens with zero attached hydrogens (tertiary/aromatic N) is 3. The molecule has 0 radical (unpaired) electrons. The first-order valence-electron chi connectivity index (χ1n) is 9.40. The number of carbonyl (C=O) groups excluding carboxylic acids is 2. The van der Waals surface area contributed by atoms with E-state index in [1.807, 2.05) is 0 Å². The highest BCUT2D eigenvalue weighted by Crippen LogP contribution is 2.22. The third-order valence-electron chi connectivity index (χ3n) is 4.29. The number of anilines is 1. The SMILES string of the molecule is COC(=O)c1ccc(/C=N\NC(=O)CN(c2cccnc2)S(=O)(=O)c2ccccc2)cc1. The molecule has 0 fully saturated rings. The van der Waals surface area contributed by atoms with Crippen molar-refractivity contribution >= 4 is 33.8 Å². The summed E-state index contributed by atoms with van der Waals surface area (Å²) >= 11 is 0. The topological polar surface area (TPSA) is 118 Å². The number of benzene rings is 2. The van der Waals surface area contributed by atoms with Crippen LogP contribution in [0.3, 0.4) is 0 Å². The molecule has 0 aliphatic rings. The van der Waals surface area contributed by atoms with Gasteiger partial charge in [0.15, 0.2) is 0 Å². The van der Waals surface area contributed by atoms with Gasteiger partial charge in [-0.1, -0.05) is 30.3 Å². The van der Waals surface area contributed by atoms with Crippen LogP contribution in [0, 0.1) is 0 Å². The number of carbonyl (C=O) groups is 2. The van der Waals surface area contributed by atoms with Gasteiger partial charge in [-0.05, 0) is 42.0 Å². The third-order valence-corrected chi connectivity index (χ3v) is 6.08. The molecule has 1 amide bonds. The summed E-state index contributed by atoms with van der Waals surface area (Å²) in [7, 11) is -2.71. The van der Waals surface area contributed by atoms with Crippen molar-refractivity contribution in [2.75, 3.05) is 18.0 Å². The van der Waals surface area contributed by atoms with Gasteiger partial charge in [-0.15, -0.1) is 0 Å². The summed E-state index contributed by atoms with van der Waals surface area (Å²) in [6, 6.07) is 17.3. The molecular weight excluding hydrogens is 432 g/mol. The van der Waals surface area contributed by atoms with Gasteiger partial charge in [-0.2, -0.15) is 5.10 Å². The van der Waals surface area contributed by atoms with Gasteiger partial charge in [0.1, 0.15) is 6.54 Å². The molecule has 32 heavy (non-hydrogen) atoms. The first-order chi connectivity index (χ1) is 15.4. The standard InChI is InChI=1S/C22H20N4O5S/c1-31-22(28)18-11-9-17(10-12-18)14-24-25-21(27)16-26(19-6-5-13-23-15-19)32(29,30)20-7-3-2-4-8-20/h2-15H,16H2,1H3,(H,25,27)/b24-14-. The van der Waals surface area contributed by atoms with Crippen LogP contribution in [0.25, 0.3) is 0 Å². The van der Waals surface area contributed by atoms with E-state index in [1.165, 1.54) is 37.9 Å². The molecule has 0 unspecified atom stereocenters. The minimum absolute atomic E-state index is 0.0471. The van der Waals surface area contributed by atoms with Crippen molar-refractivity contribution in [2.45, 2.75) is 4.90 Å². The smallest absolute Gasteiger partial charge is 0.337 e. The Kier molecular flexibility index (Phi) is 7.29. The molecule has 1 aromatic heterocycles. The van der Waals surface area contributed by atoms with E-state index in [2.05, 4.69) is 20.2 Å². The second kappa shape index (κ2) is 10.3. The van der Waals surface area contributed by atoms with Crippen LogP contribution < -0.4 is 9.73 Å². The van der Waals surface area contributed by atoms with Crippen molar-refractivity contribution < 1.29 is 22.7 Å². The quantitative estimate of drug-likeness (QED) is 0.318. The number of esters is 1. The fourth-order valence-corrected chi connectivity index (χ4v) is 4.13. The summed E-state index contributed by atoms with van der Waals surface area (Å²) in [5.74, 6) is -1.10. The van der Waals surface area contributed by atoms with Crippen LogP contribution in [0.15, 0.2) is 89.1 Å². The van der Waals surface area contributed by atoms with E-state index in [9.17, 15) is 18.0 Å². The zero-order valence-electron chi connectivity index (χ0n) is 17.1. The largest absolute Gasteiger partial charge is 0.465 e. The molecule has 2 aromatic carbocycles. The zero-order valence-corrected chi connectivity index (χ0v) is 17.9. The Hall–Kier alpha value is -4.05. The lowest BCUT2D eigenvalue weighted by atomic mass is 10.1. The summed E-state index contributed by atoms with van der Waals surface area (Å²) in [6.45, 7) is -0.498. The van der Waals surface area contributed by atoms with Crippen molar-refractivity contribution in [1.29, 1.82) is 0 Å². The lowest BCUT2D eigenvalue weighted by Gasteiger charge is -2.23. The predicted octanol–water partition coefficient (Wildman–Crippen LogP) is 2.21. The molecular formula is C22H20N4O5S. The minimum atomic E-state index is -4.01. The number of ether oxygens (including phenoxy) is 1. The zero-order chi connectivity index (χ0) is 23.0. The maximum Gasteiger partial charge on any atom is 0.337 e. The second-order valence-corrected chi connectivity index (χ2v) is 8.31. The maximum atomic E-state index is 13.1. The molecule has 0 bridgehead atoms. The summed E-state index contributed by atoms with van der Waals surface area (Å²) < 4.78 is 31.8. The van der Waals surface area contributed by atoms with E-state index in [0.29, 0.717) is 11.1 Å². The highest BCUT2D eigenvalue weighted by molar-refractivity contribution is 7.92. The summed E-state index contributed by atoms with van der Waals surface area (Å²) in [5.41, 5.74) is 3.57. The average molecular weight is 452 g/mol. The Morgan fingerprint density at radius 1 is 1.06 bits per heavy atom. The molecule has 0 aliphatic heterocycles. The summed E-state index contributed by atoms with van der Waals surface area (Å²) in [5, 5.41) is 3.86. The molecule has 0 atom stereocenters. The Balaban J connectivity index is 1.73. The van der Waals surface area contributed by atoms with Gasteiger partial charge in [0, 0.05) is 6.20 Å². The lowest BCUT2D eigenvalue weighted by Crippen LogP contribution is -2.39. The van der Waals surface area contributed by atoms with Gasteiger partial charge < -0.3 is 4.74 Å². The van der Waals surface area contributed by atoms with Crippen LogP contribution in [-0.2, 0) is 19.6 Å². The van der Waals surface area contributed by atoms with Crippen LogP contribution in [0.2, 0.25) is 0 Å². The van der Waals surface area contributed by atoms with E-state index < -0.39 is 28.4 Å². The van der Waals surface area contributed by atoms with Gasteiger partial charge >= 0.3 is 5.97 Å². The summed E-state index contributed by atoms with van der Waals surface area (Å²) in [6.07, 6.45) is 4.24. The Labute approximate surface area is 185 Å². The first kappa shape index (κ1) is 22.6. The van der Waals surface area contributed by atoms with Crippen LogP contribution in [0.5, 0.6) is 0 Å². The maximum absolute atomic E-state index is 13.1. The second-order valence-electron chi connectivity index (χ2n) is 6.44. The Bertz CT molecular complexity index is 1200. The molecule has 3 aromatic rings. The number of hydrazone groups is 1. The Morgan fingerprint density at radius 3 is 2.41 bits per heavy atom. The number of pyridine rings is 1. The molecule has 3 rings (SSSR count). The molecule has 10 heteroatoms. The predicted molar refractivity (Wildman–Crippen MR) is 119 cm³/mol. The van der Waals surface area contributed by atoms with E-state index in [4.69, 9.17) is 0 Å². The number of nitrogens with one attached hydrogen (secondary N) is 1. The first-order valence-corrected chi connectivity index (χ1v) is 10.8. The number of rotatable bonds is 8. The van der Waals surface area contributed by atoms with Gasteiger partial charge in [-0.3, -0.25) is 14.1 Å². The molecule has 0 aliphatic carbocycles. The van der Waals surface area contributed by atoms with Crippen LogP contribution in [0.1, 0.15) is 15.9 Å². The third kappa shape index (κ3) is 5.55. The van der Waals surface area contributed by atoms with E-state index in [0.717, 1.165) is 4.31 Å². The number of aromatic nitrogens is 1. The Morgan fingerprint density at radius 2 is 1.78 bits per heavy atom. The van der Waals surface area contributed by atoms with Crippen molar-refractivity contribution in [3.05, 3.63) is 90.3 Å². The van der Waals surface area contributed by atoms with Crippen molar-refractivity contribution in [2.24, 2.45) is 5.10 Å². The molecule has 0 spiro atoms. The average Bonchev–Trinajstić information content (AvgIpc) is 2.83. The fourth-order valence-electron chi connectivity index (χ4n) is 2.70. The molecule has 0 saturated carbocycles. The number of hydrogen-bond donors (Lipinski definition) is 1. The van der Waals surface area contributed by atoms with Crippen LogP contribution in [-0.4, -0.2) is 45.1 Å². The summed E-state index contributed by atoms with van der Waals surface area (Å²) in [4.78, 5) is 27.9. The monoisotopic (exact) mass is 452 g/mol. The van der Waals surface area contributed by atoms with Gasteiger partial charge in [0.2, 0.25) is 0 Å². The van der Waals surface area contributed by atoms with E-state index in [-0.39, 0.29) is 10.6 Å². The van der Waals surface area contributed by atoms with Crippen molar-refractivity contribution in [1.82, 2.24) is 10.4 Å². The van der Waals surface area contributed by atoms with E-state index in [1.54, 1.807) is 54.6 Å². The van der Waals surface area contributed by atoms with E-state index >= 15 is 0 Å². The number of sulfonamides is 1.